The summed E-state index contributed by atoms with van der Waals surface area (Å²) < 4.78 is 16.0. The highest BCUT2D eigenvalue weighted by molar-refractivity contribution is 9.08. The molecule has 5 aromatic rings. The third-order valence-corrected chi connectivity index (χ3v) is 8.05. The number of alkyl halides is 1. The molecule has 1 N–H and O–H groups in total. The predicted octanol–water partition coefficient (Wildman–Crippen LogP) is 7.31. The maximum absolute atomic E-state index is 13.6. The van der Waals surface area contributed by atoms with E-state index >= 15 is 0 Å². The molecule has 7 nitrogen and oxygen atoms in total. The molecular formula is C33H38BrClN4O3. The van der Waals surface area contributed by atoms with Crippen molar-refractivity contribution in [3.63, 3.8) is 0 Å². The van der Waals surface area contributed by atoms with Crippen LogP contribution >= 0.6 is 28.3 Å². The summed E-state index contributed by atoms with van der Waals surface area (Å²) in [6.45, 7) is 4.26. The van der Waals surface area contributed by atoms with Crippen molar-refractivity contribution >= 4 is 56.0 Å². The Labute approximate surface area is 261 Å². The largest absolute Gasteiger partial charge is 0.493 e. The van der Waals surface area contributed by atoms with Gasteiger partial charge in [-0.3, -0.25) is 4.68 Å². The van der Waals surface area contributed by atoms with Crippen LogP contribution in [0.15, 0.2) is 66.9 Å². The van der Waals surface area contributed by atoms with Crippen LogP contribution in [0, 0.1) is 0 Å². The average Bonchev–Trinajstić information content (AvgIpc) is 3.52. The smallest absolute Gasteiger partial charge is 0.355 e. The van der Waals surface area contributed by atoms with Gasteiger partial charge in [-0.1, -0.05) is 70.5 Å². The van der Waals surface area contributed by atoms with Gasteiger partial charge in [0.25, 0.3) is 0 Å². The number of nitrogens with zero attached hydrogens (tertiary/aromatic N) is 3. The van der Waals surface area contributed by atoms with Crippen LogP contribution < -0.4 is 10.1 Å². The van der Waals surface area contributed by atoms with Crippen LogP contribution in [0.5, 0.6) is 5.75 Å². The minimum atomic E-state index is -0.281. The Morgan fingerprint density at radius 2 is 1.76 bits per heavy atom. The molecule has 0 spiro atoms. The summed E-state index contributed by atoms with van der Waals surface area (Å²) >= 11 is 3.65. The van der Waals surface area contributed by atoms with Gasteiger partial charge in [0, 0.05) is 40.8 Å². The lowest BCUT2D eigenvalue weighted by atomic mass is 10.00. The summed E-state index contributed by atoms with van der Waals surface area (Å²) in [6.07, 6.45) is 4.24. The molecule has 0 fully saturated rings. The number of aromatic nitrogens is 3. The van der Waals surface area contributed by atoms with Gasteiger partial charge < -0.3 is 19.4 Å². The maximum atomic E-state index is 13.6. The molecular weight excluding hydrogens is 616 g/mol. The zero-order chi connectivity index (χ0) is 28.8. The zero-order valence-electron chi connectivity index (χ0n) is 24.4. The fourth-order valence-electron chi connectivity index (χ4n) is 5.62. The molecule has 5 rings (SSSR count). The maximum Gasteiger partial charge on any atom is 0.355 e. The number of para-hydroxylation sites is 1. The number of nitrogens with one attached hydrogen (secondary N) is 1. The molecule has 0 bridgehead atoms. The molecule has 0 aliphatic heterocycles. The Morgan fingerprint density at radius 3 is 2.55 bits per heavy atom. The van der Waals surface area contributed by atoms with Crippen molar-refractivity contribution in [3.05, 3.63) is 83.8 Å². The molecule has 222 valence electrons. The monoisotopic (exact) mass is 652 g/mol. The number of benzene rings is 3. The Hall–Kier alpha value is -3.33. The first-order chi connectivity index (χ1) is 20.1. The number of aryl methyl sites for hydroxylation is 3. The number of hydrogen-bond donors (Lipinski definition) is 1. The predicted molar refractivity (Wildman–Crippen MR) is 176 cm³/mol. The van der Waals surface area contributed by atoms with Crippen LogP contribution in [0.25, 0.3) is 32.8 Å². The molecule has 42 heavy (non-hydrogen) atoms. The van der Waals surface area contributed by atoms with Crippen LogP contribution in [0.1, 0.15) is 41.5 Å². The van der Waals surface area contributed by atoms with Crippen molar-refractivity contribution in [1.29, 1.82) is 0 Å². The van der Waals surface area contributed by atoms with Gasteiger partial charge in [-0.15, -0.1) is 12.4 Å². The summed E-state index contributed by atoms with van der Waals surface area (Å²) in [5.74, 6) is 0.598. The number of rotatable bonds is 13. The van der Waals surface area contributed by atoms with Gasteiger partial charge in [-0.25, -0.2) is 4.79 Å². The number of halogens is 2. The Kier molecular flexibility index (Phi) is 11.1. The van der Waals surface area contributed by atoms with Crippen LogP contribution in [-0.4, -0.2) is 47.1 Å². The number of ether oxygens (including phenoxy) is 2. The highest BCUT2D eigenvalue weighted by Gasteiger charge is 2.26. The van der Waals surface area contributed by atoms with Crippen molar-refractivity contribution in [1.82, 2.24) is 19.7 Å². The number of esters is 1. The molecule has 9 heteroatoms. The fraction of sp³-hybridized carbons (Fsp3) is 0.333. The minimum absolute atomic E-state index is 0. The molecule has 0 radical (unpaired) electrons. The van der Waals surface area contributed by atoms with Crippen LogP contribution in [-0.2, 0) is 30.1 Å². The highest BCUT2D eigenvalue weighted by Crippen LogP contribution is 2.37. The van der Waals surface area contributed by atoms with Crippen molar-refractivity contribution in [3.8, 4) is 16.9 Å². The van der Waals surface area contributed by atoms with E-state index in [2.05, 4.69) is 67.3 Å². The summed E-state index contributed by atoms with van der Waals surface area (Å²) in [5, 5.41) is 11.8. The lowest BCUT2D eigenvalue weighted by molar-refractivity contribution is 0.0512. The van der Waals surface area contributed by atoms with Crippen LogP contribution in [0.2, 0.25) is 0 Å². The second kappa shape index (κ2) is 14.7. The van der Waals surface area contributed by atoms with Crippen molar-refractivity contribution in [2.75, 3.05) is 26.8 Å². The summed E-state index contributed by atoms with van der Waals surface area (Å²) in [4.78, 5) is 13.6. The van der Waals surface area contributed by atoms with Gasteiger partial charge in [-0.2, -0.15) is 5.10 Å². The second-order valence-corrected chi connectivity index (χ2v) is 10.6. The van der Waals surface area contributed by atoms with E-state index < -0.39 is 0 Å². The van der Waals surface area contributed by atoms with Gasteiger partial charge in [0.05, 0.1) is 30.6 Å². The number of fused-ring (bicyclic) bond motifs is 2. The highest BCUT2D eigenvalue weighted by atomic mass is 79.9. The van der Waals surface area contributed by atoms with E-state index in [1.807, 2.05) is 56.2 Å². The first kappa shape index (κ1) is 31.6. The molecule has 0 saturated heterocycles. The Morgan fingerprint density at radius 1 is 1.00 bits per heavy atom. The first-order valence-corrected chi connectivity index (χ1v) is 15.3. The summed E-state index contributed by atoms with van der Waals surface area (Å²) in [7, 11) is 3.91. The van der Waals surface area contributed by atoms with Crippen molar-refractivity contribution < 1.29 is 14.3 Å². The molecule has 0 amide bonds. The average molecular weight is 654 g/mol. The van der Waals surface area contributed by atoms with Gasteiger partial charge >= 0.3 is 5.97 Å². The van der Waals surface area contributed by atoms with E-state index in [1.165, 1.54) is 0 Å². The Balaban J connectivity index is 0.00000405. The van der Waals surface area contributed by atoms with Crippen molar-refractivity contribution in [2.45, 2.75) is 38.1 Å². The minimum Gasteiger partial charge on any atom is -0.493 e. The lowest BCUT2D eigenvalue weighted by Gasteiger charge is -2.14. The normalized spacial score (nSPS) is 11.1. The SMILES string of the molecule is CCOC(=O)c1c(CCCOc2cccc3ccccc23)c2cccc(-c3cnn(C)c3CBr)c2n1CCCNC.Cl. The molecule has 0 aliphatic rings. The number of carbonyl (C=O) groups is 1. The topological polar surface area (TPSA) is 70.3 Å². The van der Waals surface area contributed by atoms with E-state index in [0.717, 1.165) is 69.2 Å². The van der Waals surface area contributed by atoms with Crippen molar-refractivity contribution in [2.24, 2.45) is 7.05 Å². The zero-order valence-corrected chi connectivity index (χ0v) is 26.8. The van der Waals surface area contributed by atoms with E-state index in [1.54, 1.807) is 0 Å². The van der Waals surface area contributed by atoms with Gasteiger partial charge in [-0.05, 0) is 56.8 Å². The molecule has 0 saturated carbocycles. The van der Waals surface area contributed by atoms with E-state index in [0.29, 0.717) is 37.2 Å². The molecule has 0 aliphatic carbocycles. The third kappa shape index (κ3) is 6.36. The molecule has 2 heterocycles. The summed E-state index contributed by atoms with van der Waals surface area (Å²) in [6, 6.07) is 20.7. The standard InChI is InChI=1S/C33H37BrN4O3.ClH/c1-4-40-33(39)32-26(16-9-20-41-30-17-7-12-23-11-5-6-13-24(23)30)25-14-8-15-27(28-22-36-37(3)29(28)21-34)31(25)38(32)19-10-18-35-2;/h5-8,11-15,17,22,35H,4,9-10,16,18-21H2,1-3H3;1H. The van der Waals surface area contributed by atoms with E-state index in [9.17, 15) is 4.79 Å². The quantitative estimate of drug-likeness (QED) is 0.0820. The third-order valence-electron chi connectivity index (χ3n) is 7.52. The molecule has 3 aromatic carbocycles. The first-order valence-electron chi connectivity index (χ1n) is 14.2. The Bertz CT molecular complexity index is 1660. The lowest BCUT2D eigenvalue weighted by Crippen LogP contribution is -2.17. The second-order valence-electron chi connectivity index (χ2n) is 10.0. The van der Waals surface area contributed by atoms with Crippen LogP contribution in [0.4, 0.5) is 0 Å². The van der Waals surface area contributed by atoms with Gasteiger partial charge in [0.15, 0.2) is 0 Å². The fourth-order valence-corrected chi connectivity index (χ4v) is 6.28. The molecule has 2 aromatic heterocycles. The number of hydrogen-bond acceptors (Lipinski definition) is 5. The van der Waals surface area contributed by atoms with Crippen LogP contribution in [0.3, 0.4) is 0 Å². The van der Waals surface area contributed by atoms with E-state index in [-0.39, 0.29) is 18.4 Å². The summed E-state index contributed by atoms with van der Waals surface area (Å²) in [5.41, 5.74) is 5.91. The van der Waals surface area contributed by atoms with Gasteiger partial charge in [0.1, 0.15) is 11.4 Å². The molecule has 0 unspecified atom stereocenters. The molecule has 0 atom stereocenters. The number of carbonyl (C=O) groups excluding carboxylic acids is 1. The van der Waals surface area contributed by atoms with E-state index in [4.69, 9.17) is 9.47 Å². The van der Waals surface area contributed by atoms with Gasteiger partial charge in [0.2, 0.25) is 0 Å².